The summed E-state index contributed by atoms with van der Waals surface area (Å²) in [5.41, 5.74) is 4.30. The van der Waals surface area contributed by atoms with Gasteiger partial charge in [-0.1, -0.05) is 11.3 Å². The average molecular weight is 360 g/mol. The van der Waals surface area contributed by atoms with Crippen molar-refractivity contribution in [3.63, 3.8) is 0 Å². The van der Waals surface area contributed by atoms with Gasteiger partial charge in [0.25, 0.3) is 0 Å². The molecule has 0 bridgehead atoms. The molecule has 0 atom stereocenters. The zero-order valence-corrected chi connectivity index (χ0v) is 15.2. The molecule has 0 fully saturated rings. The van der Waals surface area contributed by atoms with Crippen LogP contribution in [0, 0.1) is 13.8 Å². The third-order valence-electron chi connectivity index (χ3n) is 3.99. The maximum absolute atomic E-state index is 11.4. The van der Waals surface area contributed by atoms with Crippen LogP contribution in [0.4, 0.5) is 0 Å². The molecule has 0 aromatic carbocycles. The molecule has 0 radical (unpaired) electrons. The van der Waals surface area contributed by atoms with Crippen LogP contribution in [0.1, 0.15) is 17.0 Å². The second kappa shape index (κ2) is 6.75. The summed E-state index contributed by atoms with van der Waals surface area (Å²) in [6.07, 6.45) is 4.79. The van der Waals surface area contributed by atoms with Crippen LogP contribution in [-0.4, -0.2) is 50.2 Å². The van der Waals surface area contributed by atoms with Crippen LogP contribution >= 0.6 is 0 Å². The first-order valence-corrected chi connectivity index (χ1v) is 9.91. The first-order valence-electron chi connectivity index (χ1n) is 7.85. The third-order valence-corrected chi connectivity index (χ3v) is 4.92. The smallest absolute Gasteiger partial charge is 0.149 e. The SMILES string of the molecule is Cc1nn(CCS(C)(=O)=O)c(C)c1Cn1cc(-c2ccccn2)nn1. The maximum Gasteiger partial charge on any atom is 0.149 e. The minimum absolute atomic E-state index is 0.0710. The Bertz CT molecular complexity index is 975. The van der Waals surface area contributed by atoms with Gasteiger partial charge < -0.3 is 0 Å². The van der Waals surface area contributed by atoms with E-state index in [0.29, 0.717) is 18.8 Å². The molecule has 132 valence electrons. The number of sulfone groups is 1. The lowest BCUT2D eigenvalue weighted by Crippen LogP contribution is -2.13. The Balaban J connectivity index is 1.80. The van der Waals surface area contributed by atoms with Crippen LogP contribution < -0.4 is 0 Å². The molecule has 3 rings (SSSR count). The van der Waals surface area contributed by atoms with Gasteiger partial charge in [-0.05, 0) is 26.0 Å². The Kier molecular flexibility index (Phi) is 4.67. The maximum atomic E-state index is 11.4. The molecule has 8 nitrogen and oxygen atoms in total. The second-order valence-corrected chi connectivity index (χ2v) is 8.28. The molecule has 0 saturated carbocycles. The molecule has 25 heavy (non-hydrogen) atoms. The normalized spacial score (nSPS) is 11.8. The van der Waals surface area contributed by atoms with E-state index < -0.39 is 9.84 Å². The van der Waals surface area contributed by atoms with Crippen molar-refractivity contribution in [2.45, 2.75) is 26.9 Å². The van der Waals surface area contributed by atoms with E-state index in [4.69, 9.17) is 0 Å². The average Bonchev–Trinajstić information content (AvgIpc) is 3.13. The Morgan fingerprint density at radius 3 is 2.64 bits per heavy atom. The number of rotatable bonds is 6. The third kappa shape index (κ3) is 4.11. The van der Waals surface area contributed by atoms with Gasteiger partial charge in [0.2, 0.25) is 0 Å². The molecule has 0 aliphatic carbocycles. The summed E-state index contributed by atoms with van der Waals surface area (Å²) in [6.45, 7) is 4.72. The predicted molar refractivity (Wildman–Crippen MR) is 93.8 cm³/mol. The Labute approximate surface area is 146 Å². The minimum atomic E-state index is -3.02. The molecule has 9 heteroatoms. The molecule has 0 aliphatic rings. The van der Waals surface area contributed by atoms with Crippen LogP contribution in [-0.2, 0) is 22.9 Å². The standard InChI is InChI=1S/C16H20N6O2S/c1-12-14(13(2)22(19-12)8-9-25(3,23)24)10-21-11-16(18-20-21)15-6-4-5-7-17-15/h4-7,11H,8-10H2,1-3H3. The fraction of sp³-hybridized carbons (Fsp3) is 0.375. The van der Waals surface area contributed by atoms with Crippen LogP contribution in [0.3, 0.4) is 0 Å². The van der Waals surface area contributed by atoms with Crippen LogP contribution in [0.15, 0.2) is 30.6 Å². The van der Waals surface area contributed by atoms with Crippen molar-refractivity contribution in [3.05, 3.63) is 47.5 Å². The molecular weight excluding hydrogens is 340 g/mol. The van der Waals surface area contributed by atoms with E-state index in [1.165, 1.54) is 6.26 Å². The van der Waals surface area contributed by atoms with Gasteiger partial charge in [-0.15, -0.1) is 5.10 Å². The lowest BCUT2D eigenvalue weighted by atomic mass is 10.2. The van der Waals surface area contributed by atoms with Crippen molar-refractivity contribution in [1.82, 2.24) is 29.8 Å². The summed E-state index contributed by atoms with van der Waals surface area (Å²) >= 11 is 0. The molecule has 0 unspecified atom stereocenters. The number of aromatic nitrogens is 6. The summed E-state index contributed by atoms with van der Waals surface area (Å²) in [5.74, 6) is 0.0710. The minimum Gasteiger partial charge on any atom is -0.268 e. The summed E-state index contributed by atoms with van der Waals surface area (Å²) in [6, 6.07) is 5.64. The van der Waals surface area contributed by atoms with Gasteiger partial charge in [-0.3, -0.25) is 9.67 Å². The Morgan fingerprint density at radius 2 is 1.96 bits per heavy atom. The fourth-order valence-corrected chi connectivity index (χ4v) is 3.11. The fourth-order valence-electron chi connectivity index (χ4n) is 2.60. The number of nitrogens with zero attached hydrogens (tertiary/aromatic N) is 6. The zero-order chi connectivity index (χ0) is 18.0. The highest BCUT2D eigenvalue weighted by molar-refractivity contribution is 7.90. The summed E-state index contributed by atoms with van der Waals surface area (Å²) < 4.78 is 26.2. The number of aryl methyl sites for hydroxylation is 2. The van der Waals surface area contributed by atoms with Crippen molar-refractivity contribution in [2.75, 3.05) is 12.0 Å². The lowest BCUT2D eigenvalue weighted by Gasteiger charge is -2.05. The molecule has 3 aromatic heterocycles. The number of pyridine rings is 1. The van der Waals surface area contributed by atoms with Crippen LogP contribution in [0.25, 0.3) is 11.4 Å². The molecule has 3 heterocycles. The zero-order valence-electron chi connectivity index (χ0n) is 14.4. The van der Waals surface area contributed by atoms with Crippen LogP contribution in [0.2, 0.25) is 0 Å². The van der Waals surface area contributed by atoms with E-state index >= 15 is 0 Å². The van der Waals surface area contributed by atoms with Crippen molar-refractivity contribution in [3.8, 4) is 11.4 Å². The van der Waals surface area contributed by atoms with Crippen LogP contribution in [0.5, 0.6) is 0 Å². The van der Waals surface area contributed by atoms with Crippen molar-refractivity contribution in [1.29, 1.82) is 0 Å². The molecule has 3 aromatic rings. The van der Waals surface area contributed by atoms with E-state index in [1.54, 1.807) is 15.6 Å². The van der Waals surface area contributed by atoms with E-state index in [2.05, 4.69) is 20.4 Å². The van der Waals surface area contributed by atoms with Gasteiger partial charge >= 0.3 is 0 Å². The van der Waals surface area contributed by atoms with Crippen molar-refractivity contribution >= 4 is 9.84 Å². The quantitative estimate of drug-likeness (QED) is 0.656. The predicted octanol–water partition coefficient (Wildman–Crippen LogP) is 1.25. The molecule has 0 saturated heterocycles. The van der Waals surface area contributed by atoms with Crippen molar-refractivity contribution in [2.24, 2.45) is 0 Å². The first kappa shape index (κ1) is 17.3. The van der Waals surface area contributed by atoms with E-state index in [-0.39, 0.29) is 5.75 Å². The molecule has 0 amide bonds. The monoisotopic (exact) mass is 360 g/mol. The molecule has 0 N–H and O–H groups in total. The second-order valence-electron chi connectivity index (χ2n) is 6.02. The number of hydrogen-bond acceptors (Lipinski definition) is 6. The highest BCUT2D eigenvalue weighted by Gasteiger charge is 2.14. The summed E-state index contributed by atoms with van der Waals surface area (Å²) in [4.78, 5) is 4.27. The van der Waals surface area contributed by atoms with Gasteiger partial charge in [-0.2, -0.15) is 5.10 Å². The summed E-state index contributed by atoms with van der Waals surface area (Å²) in [5, 5.41) is 12.8. The topological polar surface area (TPSA) is 95.6 Å². The highest BCUT2D eigenvalue weighted by atomic mass is 32.2. The van der Waals surface area contributed by atoms with Gasteiger partial charge in [0.1, 0.15) is 15.5 Å². The molecular formula is C16H20N6O2S. The Morgan fingerprint density at radius 1 is 1.16 bits per heavy atom. The van der Waals surface area contributed by atoms with Crippen molar-refractivity contribution < 1.29 is 8.42 Å². The number of hydrogen-bond donors (Lipinski definition) is 0. The molecule has 0 aliphatic heterocycles. The Hall–Kier alpha value is -2.55. The van der Waals surface area contributed by atoms with Gasteiger partial charge in [0.15, 0.2) is 0 Å². The largest absolute Gasteiger partial charge is 0.268 e. The van der Waals surface area contributed by atoms with E-state index in [0.717, 1.165) is 22.6 Å². The first-order chi connectivity index (χ1) is 11.8. The lowest BCUT2D eigenvalue weighted by molar-refractivity contribution is 0.580. The summed E-state index contributed by atoms with van der Waals surface area (Å²) in [7, 11) is -3.02. The van der Waals surface area contributed by atoms with Gasteiger partial charge in [0, 0.05) is 23.7 Å². The van der Waals surface area contributed by atoms with Gasteiger partial charge in [-0.25, -0.2) is 13.1 Å². The van der Waals surface area contributed by atoms with Gasteiger partial charge in [0.05, 0.1) is 36.4 Å². The highest BCUT2D eigenvalue weighted by Crippen LogP contribution is 2.17. The van der Waals surface area contributed by atoms with E-state index in [1.807, 2.05) is 38.2 Å². The molecule has 0 spiro atoms. The van der Waals surface area contributed by atoms with E-state index in [9.17, 15) is 8.42 Å².